The molecule has 1 aromatic carbocycles. The SMILES string of the molecule is Cc1nc(-c2cccc(NC(=O)CCC3CCCCC3)c2)cs1. The van der Waals surface area contributed by atoms with Gasteiger partial charge < -0.3 is 5.32 Å². The summed E-state index contributed by atoms with van der Waals surface area (Å²) in [5.41, 5.74) is 2.90. The maximum atomic E-state index is 12.2. The molecule has 0 bridgehead atoms. The van der Waals surface area contributed by atoms with Gasteiger partial charge in [0, 0.05) is 23.1 Å². The van der Waals surface area contributed by atoms with E-state index in [0.717, 1.165) is 34.3 Å². The summed E-state index contributed by atoms with van der Waals surface area (Å²) in [7, 11) is 0. The Kier molecular flexibility index (Phi) is 5.44. The van der Waals surface area contributed by atoms with Crippen LogP contribution in [0.1, 0.15) is 50.0 Å². The fourth-order valence-electron chi connectivity index (χ4n) is 3.29. The Morgan fingerprint density at radius 3 is 2.87 bits per heavy atom. The third kappa shape index (κ3) is 4.64. The minimum Gasteiger partial charge on any atom is -0.326 e. The van der Waals surface area contributed by atoms with E-state index >= 15 is 0 Å². The van der Waals surface area contributed by atoms with Crippen molar-refractivity contribution in [1.29, 1.82) is 0 Å². The number of carbonyl (C=O) groups is 1. The van der Waals surface area contributed by atoms with Crippen molar-refractivity contribution >= 4 is 22.9 Å². The number of thiazole rings is 1. The third-order valence-electron chi connectivity index (χ3n) is 4.57. The molecular weight excluding hydrogens is 304 g/mol. The van der Waals surface area contributed by atoms with Gasteiger partial charge in [0.25, 0.3) is 0 Å². The van der Waals surface area contributed by atoms with E-state index < -0.39 is 0 Å². The molecule has 3 nitrogen and oxygen atoms in total. The van der Waals surface area contributed by atoms with Crippen molar-refractivity contribution in [3.8, 4) is 11.3 Å². The summed E-state index contributed by atoms with van der Waals surface area (Å²) in [5.74, 6) is 0.876. The summed E-state index contributed by atoms with van der Waals surface area (Å²) in [5, 5.41) is 6.15. The lowest BCUT2D eigenvalue weighted by atomic mass is 9.86. The van der Waals surface area contributed by atoms with E-state index in [1.54, 1.807) is 11.3 Å². The number of nitrogens with zero attached hydrogens (tertiary/aromatic N) is 1. The van der Waals surface area contributed by atoms with Gasteiger partial charge >= 0.3 is 0 Å². The molecule has 0 aliphatic heterocycles. The fourth-order valence-corrected chi connectivity index (χ4v) is 3.91. The standard InChI is InChI=1S/C19H24N2OS/c1-14-20-18(13-23-14)16-8-5-9-17(12-16)21-19(22)11-10-15-6-3-2-4-7-15/h5,8-9,12-13,15H,2-4,6-7,10-11H2,1H3,(H,21,22). The normalized spacial score (nSPS) is 15.5. The summed E-state index contributed by atoms with van der Waals surface area (Å²) < 4.78 is 0. The van der Waals surface area contributed by atoms with E-state index in [1.807, 2.05) is 31.2 Å². The predicted octanol–water partition coefficient (Wildman–Crippen LogP) is 5.42. The van der Waals surface area contributed by atoms with Gasteiger partial charge in [0.05, 0.1) is 10.7 Å². The summed E-state index contributed by atoms with van der Waals surface area (Å²) in [4.78, 5) is 16.7. The van der Waals surface area contributed by atoms with Crippen LogP contribution in [0.5, 0.6) is 0 Å². The van der Waals surface area contributed by atoms with Crippen LogP contribution < -0.4 is 5.32 Å². The zero-order valence-corrected chi connectivity index (χ0v) is 14.5. The average Bonchev–Trinajstić information content (AvgIpc) is 3.01. The molecule has 1 N–H and O–H groups in total. The first kappa shape index (κ1) is 16.2. The van der Waals surface area contributed by atoms with Gasteiger partial charge in [0.1, 0.15) is 0 Å². The molecule has 0 unspecified atom stereocenters. The maximum Gasteiger partial charge on any atom is 0.224 e. The van der Waals surface area contributed by atoms with E-state index in [-0.39, 0.29) is 5.91 Å². The molecule has 2 aromatic rings. The van der Waals surface area contributed by atoms with Crippen molar-refractivity contribution < 1.29 is 4.79 Å². The highest BCUT2D eigenvalue weighted by atomic mass is 32.1. The predicted molar refractivity (Wildman–Crippen MR) is 96.7 cm³/mol. The van der Waals surface area contributed by atoms with Gasteiger partial charge in [-0.1, -0.05) is 44.2 Å². The lowest BCUT2D eigenvalue weighted by molar-refractivity contribution is -0.116. The summed E-state index contributed by atoms with van der Waals surface area (Å²) in [6, 6.07) is 7.96. The van der Waals surface area contributed by atoms with E-state index in [0.29, 0.717) is 6.42 Å². The van der Waals surface area contributed by atoms with Gasteiger partial charge in [-0.25, -0.2) is 4.98 Å². The van der Waals surface area contributed by atoms with Crippen LogP contribution in [0.15, 0.2) is 29.6 Å². The van der Waals surface area contributed by atoms with Crippen LogP contribution in [-0.4, -0.2) is 10.9 Å². The number of aryl methyl sites for hydroxylation is 1. The molecule has 3 rings (SSSR count). The molecule has 23 heavy (non-hydrogen) atoms. The van der Waals surface area contributed by atoms with Crippen LogP contribution in [0.3, 0.4) is 0 Å². The van der Waals surface area contributed by atoms with E-state index in [9.17, 15) is 4.79 Å². The molecule has 0 radical (unpaired) electrons. The second-order valence-electron chi connectivity index (χ2n) is 6.42. The second kappa shape index (κ2) is 7.73. The van der Waals surface area contributed by atoms with Crippen molar-refractivity contribution in [3.63, 3.8) is 0 Å². The highest BCUT2D eigenvalue weighted by Gasteiger charge is 2.15. The Hall–Kier alpha value is -1.68. The van der Waals surface area contributed by atoms with Gasteiger partial charge in [-0.3, -0.25) is 4.79 Å². The first-order valence-corrected chi connectivity index (χ1v) is 9.41. The topological polar surface area (TPSA) is 42.0 Å². The number of carbonyl (C=O) groups excluding carboxylic acids is 1. The maximum absolute atomic E-state index is 12.2. The molecule has 1 saturated carbocycles. The number of amides is 1. The number of rotatable bonds is 5. The Balaban J connectivity index is 1.56. The largest absolute Gasteiger partial charge is 0.326 e. The lowest BCUT2D eigenvalue weighted by Gasteiger charge is -2.21. The number of anilines is 1. The molecule has 0 atom stereocenters. The number of nitrogens with one attached hydrogen (secondary N) is 1. The van der Waals surface area contributed by atoms with Crippen molar-refractivity contribution in [1.82, 2.24) is 4.98 Å². The van der Waals surface area contributed by atoms with Crippen LogP contribution in [0.25, 0.3) is 11.3 Å². The molecule has 1 fully saturated rings. The molecule has 0 saturated heterocycles. The first-order valence-electron chi connectivity index (χ1n) is 8.53. The lowest BCUT2D eigenvalue weighted by Crippen LogP contribution is -2.14. The quantitative estimate of drug-likeness (QED) is 0.796. The Morgan fingerprint density at radius 2 is 2.13 bits per heavy atom. The van der Waals surface area contributed by atoms with Crippen molar-refractivity contribution in [2.45, 2.75) is 51.9 Å². The van der Waals surface area contributed by atoms with Crippen molar-refractivity contribution in [2.75, 3.05) is 5.32 Å². The molecule has 1 aromatic heterocycles. The molecular formula is C19H24N2OS. The number of aromatic nitrogens is 1. The number of benzene rings is 1. The van der Waals surface area contributed by atoms with Crippen LogP contribution in [-0.2, 0) is 4.79 Å². The average molecular weight is 328 g/mol. The molecule has 0 spiro atoms. The zero-order valence-electron chi connectivity index (χ0n) is 13.7. The third-order valence-corrected chi connectivity index (χ3v) is 5.34. The Morgan fingerprint density at radius 1 is 1.30 bits per heavy atom. The Labute approximate surface area is 142 Å². The highest BCUT2D eigenvalue weighted by Crippen LogP contribution is 2.28. The summed E-state index contributed by atoms with van der Waals surface area (Å²) >= 11 is 1.64. The summed E-state index contributed by atoms with van der Waals surface area (Å²) in [6.45, 7) is 2.01. The van der Waals surface area contributed by atoms with Gasteiger partial charge in [0.15, 0.2) is 0 Å². The highest BCUT2D eigenvalue weighted by molar-refractivity contribution is 7.09. The number of hydrogen-bond donors (Lipinski definition) is 1. The monoisotopic (exact) mass is 328 g/mol. The molecule has 1 aliphatic carbocycles. The van der Waals surface area contributed by atoms with Crippen molar-refractivity contribution in [2.24, 2.45) is 5.92 Å². The summed E-state index contributed by atoms with van der Waals surface area (Å²) in [6.07, 6.45) is 8.29. The smallest absolute Gasteiger partial charge is 0.224 e. The van der Waals surface area contributed by atoms with Gasteiger partial charge in [-0.15, -0.1) is 11.3 Å². The Bertz CT molecular complexity index is 659. The van der Waals surface area contributed by atoms with E-state index in [2.05, 4.69) is 15.7 Å². The minimum absolute atomic E-state index is 0.127. The molecule has 122 valence electrons. The molecule has 1 aliphatic rings. The molecule has 4 heteroatoms. The van der Waals surface area contributed by atoms with Crippen LogP contribution >= 0.6 is 11.3 Å². The van der Waals surface area contributed by atoms with Crippen LogP contribution in [0, 0.1) is 12.8 Å². The van der Waals surface area contributed by atoms with Crippen LogP contribution in [0.2, 0.25) is 0 Å². The molecule has 1 heterocycles. The van der Waals surface area contributed by atoms with E-state index in [4.69, 9.17) is 0 Å². The van der Waals surface area contributed by atoms with Gasteiger partial charge in [0.2, 0.25) is 5.91 Å². The minimum atomic E-state index is 0.127. The first-order chi connectivity index (χ1) is 11.2. The fraction of sp³-hybridized carbons (Fsp3) is 0.474. The van der Waals surface area contributed by atoms with Gasteiger partial charge in [-0.2, -0.15) is 0 Å². The van der Waals surface area contributed by atoms with Gasteiger partial charge in [-0.05, 0) is 31.4 Å². The van der Waals surface area contributed by atoms with Crippen molar-refractivity contribution in [3.05, 3.63) is 34.7 Å². The molecule has 1 amide bonds. The zero-order chi connectivity index (χ0) is 16.1. The second-order valence-corrected chi connectivity index (χ2v) is 7.49. The van der Waals surface area contributed by atoms with E-state index in [1.165, 1.54) is 32.1 Å². The van der Waals surface area contributed by atoms with Crippen LogP contribution in [0.4, 0.5) is 5.69 Å². The number of hydrogen-bond acceptors (Lipinski definition) is 3.